The first kappa shape index (κ1) is 17.7. The number of pyridine rings is 1. The van der Waals surface area contributed by atoms with Gasteiger partial charge in [0.15, 0.2) is 0 Å². The molecule has 0 amide bonds. The summed E-state index contributed by atoms with van der Waals surface area (Å²) in [4.78, 5) is 21.2. The van der Waals surface area contributed by atoms with E-state index in [4.69, 9.17) is 4.99 Å². The molecule has 4 rings (SSSR count). The molecular formula is C23H19N3O2. The number of aryl methyl sites for hydroxylation is 1. The Labute approximate surface area is 162 Å². The molecule has 0 aliphatic rings. The van der Waals surface area contributed by atoms with E-state index in [0.717, 1.165) is 16.5 Å². The number of aromatic nitrogens is 2. The maximum atomic E-state index is 12.3. The molecule has 28 heavy (non-hydrogen) atoms. The molecule has 0 fully saturated rings. The van der Waals surface area contributed by atoms with Gasteiger partial charge in [0.25, 0.3) is 0 Å². The number of hydrogen-bond donors (Lipinski definition) is 1. The summed E-state index contributed by atoms with van der Waals surface area (Å²) in [5, 5.41) is 11.8. The van der Waals surface area contributed by atoms with Crippen LogP contribution in [0.2, 0.25) is 0 Å². The largest absolute Gasteiger partial charge is 0.494 e. The van der Waals surface area contributed by atoms with Gasteiger partial charge < -0.3 is 5.11 Å². The molecule has 0 spiro atoms. The van der Waals surface area contributed by atoms with Crippen LogP contribution in [0.3, 0.4) is 0 Å². The molecule has 5 nitrogen and oxygen atoms in total. The van der Waals surface area contributed by atoms with Crippen LogP contribution < -0.4 is 0 Å². The summed E-state index contributed by atoms with van der Waals surface area (Å²) in [6, 6.07) is 19.0. The van der Waals surface area contributed by atoms with E-state index in [1.165, 1.54) is 11.5 Å². The zero-order valence-electron chi connectivity index (χ0n) is 15.6. The minimum absolute atomic E-state index is 0.111. The van der Waals surface area contributed by atoms with Gasteiger partial charge >= 0.3 is 0 Å². The van der Waals surface area contributed by atoms with Crippen molar-refractivity contribution in [2.24, 2.45) is 4.99 Å². The summed E-state index contributed by atoms with van der Waals surface area (Å²) in [7, 11) is 0. The summed E-state index contributed by atoms with van der Waals surface area (Å²) >= 11 is 0. The predicted octanol–water partition coefficient (Wildman–Crippen LogP) is 4.88. The number of fused-ring (bicyclic) bond motifs is 1. The van der Waals surface area contributed by atoms with Gasteiger partial charge in [-0.1, -0.05) is 42.5 Å². The van der Waals surface area contributed by atoms with Gasteiger partial charge in [-0.05, 0) is 30.7 Å². The van der Waals surface area contributed by atoms with E-state index in [1.807, 2.05) is 67.6 Å². The van der Waals surface area contributed by atoms with E-state index in [2.05, 4.69) is 4.98 Å². The number of rotatable bonds is 3. The molecule has 0 saturated carbocycles. The molecule has 2 heterocycles. The molecular weight excluding hydrogens is 350 g/mol. The molecule has 0 aliphatic carbocycles. The summed E-state index contributed by atoms with van der Waals surface area (Å²) < 4.78 is 1.33. The van der Waals surface area contributed by atoms with Crippen molar-refractivity contribution >= 4 is 28.2 Å². The van der Waals surface area contributed by atoms with Crippen LogP contribution in [0.5, 0.6) is 5.88 Å². The molecule has 0 bridgehead atoms. The molecule has 4 aromatic rings. The topological polar surface area (TPSA) is 67.5 Å². The van der Waals surface area contributed by atoms with Crippen molar-refractivity contribution in [2.45, 2.75) is 13.8 Å². The number of carbonyl (C=O) groups is 1. The van der Waals surface area contributed by atoms with Gasteiger partial charge in [-0.3, -0.25) is 14.3 Å². The second kappa shape index (κ2) is 7.12. The maximum Gasteiger partial charge on any atom is 0.230 e. The molecule has 2 aromatic heterocycles. The van der Waals surface area contributed by atoms with E-state index >= 15 is 0 Å². The monoisotopic (exact) mass is 369 g/mol. The van der Waals surface area contributed by atoms with E-state index in [1.54, 1.807) is 12.4 Å². The highest BCUT2D eigenvalue weighted by atomic mass is 16.3. The predicted molar refractivity (Wildman–Crippen MR) is 111 cm³/mol. The molecule has 0 aliphatic heterocycles. The Kier molecular flexibility index (Phi) is 4.49. The fraction of sp³-hybridized carbons (Fsp3) is 0.0870. The average Bonchev–Trinajstić information content (AvgIpc) is 2.98. The lowest BCUT2D eigenvalue weighted by atomic mass is 10.0. The highest BCUT2D eigenvalue weighted by Crippen LogP contribution is 2.35. The lowest BCUT2D eigenvalue weighted by Gasteiger charge is -2.08. The summed E-state index contributed by atoms with van der Waals surface area (Å²) in [5.41, 5.74) is 4.28. The fourth-order valence-electron chi connectivity index (χ4n) is 3.35. The van der Waals surface area contributed by atoms with Crippen molar-refractivity contribution in [3.05, 3.63) is 89.7 Å². The SMILES string of the molecule is CC(=O)n1c(O)c(C(=Nc2cccnc2)c2ccccc2)c2ccc(C)cc21. The van der Waals surface area contributed by atoms with Gasteiger partial charge in [0.2, 0.25) is 11.8 Å². The molecule has 0 atom stereocenters. The Hall–Kier alpha value is -3.73. The number of aromatic hydroxyl groups is 1. The van der Waals surface area contributed by atoms with Crippen LogP contribution in [0.15, 0.2) is 78.0 Å². The van der Waals surface area contributed by atoms with E-state index in [0.29, 0.717) is 22.5 Å². The summed E-state index contributed by atoms with van der Waals surface area (Å²) in [6.45, 7) is 3.39. The summed E-state index contributed by atoms with van der Waals surface area (Å²) in [6.07, 6.45) is 3.34. The van der Waals surface area contributed by atoms with Crippen LogP contribution in [-0.2, 0) is 0 Å². The van der Waals surface area contributed by atoms with Gasteiger partial charge in [-0.2, -0.15) is 0 Å². The first-order valence-corrected chi connectivity index (χ1v) is 8.95. The van der Waals surface area contributed by atoms with Gasteiger partial charge in [-0.25, -0.2) is 4.99 Å². The minimum Gasteiger partial charge on any atom is -0.494 e. The van der Waals surface area contributed by atoms with Crippen molar-refractivity contribution in [3.8, 4) is 5.88 Å². The highest BCUT2D eigenvalue weighted by molar-refractivity contribution is 6.23. The van der Waals surface area contributed by atoms with Crippen LogP contribution in [0, 0.1) is 6.92 Å². The number of carbonyl (C=O) groups excluding carboxylic acids is 1. The molecule has 2 aromatic carbocycles. The quantitative estimate of drug-likeness (QED) is 0.523. The lowest BCUT2D eigenvalue weighted by Crippen LogP contribution is -2.06. The Morgan fingerprint density at radius 3 is 2.54 bits per heavy atom. The van der Waals surface area contributed by atoms with Gasteiger partial charge in [0.05, 0.1) is 28.7 Å². The second-order valence-corrected chi connectivity index (χ2v) is 6.61. The normalized spacial score (nSPS) is 11.7. The van der Waals surface area contributed by atoms with E-state index < -0.39 is 0 Å². The van der Waals surface area contributed by atoms with Crippen molar-refractivity contribution in [2.75, 3.05) is 0 Å². The number of nitrogens with zero attached hydrogens (tertiary/aromatic N) is 3. The van der Waals surface area contributed by atoms with Gasteiger partial charge in [0.1, 0.15) is 0 Å². The van der Waals surface area contributed by atoms with Gasteiger partial charge in [-0.15, -0.1) is 0 Å². The van der Waals surface area contributed by atoms with Gasteiger partial charge in [0, 0.05) is 24.1 Å². The number of benzene rings is 2. The molecule has 0 saturated heterocycles. The van der Waals surface area contributed by atoms with Crippen LogP contribution in [0.25, 0.3) is 10.9 Å². The first-order valence-electron chi connectivity index (χ1n) is 8.95. The zero-order valence-corrected chi connectivity index (χ0v) is 15.6. The molecule has 0 unspecified atom stereocenters. The third-order valence-corrected chi connectivity index (χ3v) is 4.58. The average molecular weight is 369 g/mol. The van der Waals surface area contributed by atoms with Crippen molar-refractivity contribution in [3.63, 3.8) is 0 Å². The standard InChI is InChI=1S/C23H19N3O2/c1-15-10-11-19-20(13-15)26(16(2)27)23(28)21(19)22(17-7-4-3-5-8-17)25-18-9-6-12-24-14-18/h3-14,28H,1-2H3. The summed E-state index contributed by atoms with van der Waals surface area (Å²) in [5.74, 6) is -0.368. The van der Waals surface area contributed by atoms with E-state index in [-0.39, 0.29) is 11.8 Å². The first-order chi connectivity index (χ1) is 13.6. The Bertz CT molecular complexity index is 1190. The highest BCUT2D eigenvalue weighted by Gasteiger charge is 2.24. The smallest absolute Gasteiger partial charge is 0.230 e. The Balaban J connectivity index is 2.08. The number of hydrogen-bond acceptors (Lipinski definition) is 4. The molecule has 1 N–H and O–H groups in total. The van der Waals surface area contributed by atoms with Crippen LogP contribution in [0.4, 0.5) is 5.69 Å². The van der Waals surface area contributed by atoms with Crippen LogP contribution >= 0.6 is 0 Å². The van der Waals surface area contributed by atoms with E-state index in [9.17, 15) is 9.90 Å². The maximum absolute atomic E-state index is 12.3. The third-order valence-electron chi connectivity index (χ3n) is 4.58. The Morgan fingerprint density at radius 1 is 1.07 bits per heavy atom. The molecule has 5 heteroatoms. The lowest BCUT2D eigenvalue weighted by molar-refractivity contribution is 0.0933. The second-order valence-electron chi connectivity index (χ2n) is 6.61. The zero-order chi connectivity index (χ0) is 19.7. The number of aliphatic imine (C=N–C) groups is 1. The van der Waals surface area contributed by atoms with Crippen LogP contribution in [0.1, 0.15) is 28.4 Å². The van der Waals surface area contributed by atoms with Crippen molar-refractivity contribution in [1.29, 1.82) is 0 Å². The van der Waals surface area contributed by atoms with Crippen LogP contribution in [-0.4, -0.2) is 26.3 Å². The fourth-order valence-corrected chi connectivity index (χ4v) is 3.35. The molecule has 0 radical (unpaired) electrons. The minimum atomic E-state index is -0.256. The van der Waals surface area contributed by atoms with Crippen molar-refractivity contribution in [1.82, 2.24) is 9.55 Å². The Morgan fingerprint density at radius 2 is 1.86 bits per heavy atom. The van der Waals surface area contributed by atoms with Crippen molar-refractivity contribution < 1.29 is 9.90 Å². The molecule has 138 valence electrons. The third kappa shape index (κ3) is 3.07.